The number of pyridine rings is 1. The van der Waals surface area contributed by atoms with Crippen molar-refractivity contribution in [2.75, 3.05) is 12.4 Å². The van der Waals surface area contributed by atoms with Gasteiger partial charge < -0.3 is 21.1 Å². The van der Waals surface area contributed by atoms with Crippen LogP contribution < -0.4 is 21.1 Å². The van der Waals surface area contributed by atoms with Crippen molar-refractivity contribution in [3.05, 3.63) is 47.8 Å². The summed E-state index contributed by atoms with van der Waals surface area (Å²) in [6.07, 6.45) is 4.96. The fraction of sp³-hybridized carbons (Fsp3) is 0.381. The molecule has 0 saturated heterocycles. The molecule has 1 aliphatic carbocycles. The van der Waals surface area contributed by atoms with Crippen LogP contribution in [-0.2, 0) is 4.79 Å². The Kier molecular flexibility index (Phi) is 6.26. The average molecular weight is 382 g/mol. The summed E-state index contributed by atoms with van der Waals surface area (Å²) >= 11 is 0. The number of aromatic nitrogens is 1. The largest absolute Gasteiger partial charge is 0.455 e. The van der Waals surface area contributed by atoms with Gasteiger partial charge in [-0.1, -0.05) is 12.5 Å². The summed E-state index contributed by atoms with van der Waals surface area (Å²) in [7, 11) is 1.54. The van der Waals surface area contributed by atoms with Crippen LogP contribution in [0.4, 0.5) is 5.69 Å². The van der Waals surface area contributed by atoms with Gasteiger partial charge in [0.15, 0.2) is 5.75 Å². The number of rotatable bonds is 6. The van der Waals surface area contributed by atoms with Crippen LogP contribution in [0, 0.1) is 12.8 Å². The first-order valence-corrected chi connectivity index (χ1v) is 9.48. The number of nitrogens with zero attached hydrogens (tertiary/aromatic N) is 1. The Bertz CT molecular complexity index is 868. The van der Waals surface area contributed by atoms with Crippen LogP contribution >= 0.6 is 0 Å². The van der Waals surface area contributed by atoms with Gasteiger partial charge in [0.05, 0.1) is 5.69 Å². The van der Waals surface area contributed by atoms with Gasteiger partial charge in [0, 0.05) is 31.8 Å². The molecule has 4 N–H and O–H groups in total. The predicted octanol–water partition coefficient (Wildman–Crippen LogP) is 3.00. The molecule has 2 amide bonds. The van der Waals surface area contributed by atoms with Crippen molar-refractivity contribution in [1.82, 2.24) is 10.3 Å². The van der Waals surface area contributed by atoms with E-state index in [2.05, 4.69) is 15.6 Å². The molecule has 1 aromatic heterocycles. The number of carbonyl (C=O) groups is 2. The van der Waals surface area contributed by atoms with Crippen molar-refractivity contribution in [2.24, 2.45) is 11.7 Å². The molecule has 1 aliphatic rings. The molecule has 2 aromatic rings. The first-order chi connectivity index (χ1) is 13.5. The molecule has 7 nitrogen and oxygen atoms in total. The highest BCUT2D eigenvalue weighted by molar-refractivity contribution is 5.93. The molecule has 148 valence electrons. The minimum atomic E-state index is -0.295. The summed E-state index contributed by atoms with van der Waals surface area (Å²) in [6, 6.07) is 8.89. The van der Waals surface area contributed by atoms with Crippen molar-refractivity contribution in [3.63, 3.8) is 0 Å². The summed E-state index contributed by atoms with van der Waals surface area (Å²) in [6.45, 7) is 1.94. The van der Waals surface area contributed by atoms with Crippen LogP contribution in [0.3, 0.4) is 0 Å². The molecule has 0 spiro atoms. The molecule has 2 atom stereocenters. The van der Waals surface area contributed by atoms with Crippen LogP contribution in [0.5, 0.6) is 11.5 Å². The fourth-order valence-electron chi connectivity index (χ4n) is 3.43. The van der Waals surface area contributed by atoms with E-state index in [4.69, 9.17) is 10.5 Å². The van der Waals surface area contributed by atoms with Crippen LogP contribution in [0.15, 0.2) is 36.5 Å². The Morgan fingerprint density at radius 1 is 1.25 bits per heavy atom. The maximum atomic E-state index is 12.5. The van der Waals surface area contributed by atoms with Gasteiger partial charge in [-0.05, 0) is 49.4 Å². The van der Waals surface area contributed by atoms with Gasteiger partial charge >= 0.3 is 0 Å². The number of benzene rings is 1. The first kappa shape index (κ1) is 19.8. The molecule has 0 radical (unpaired) electrons. The molecule has 1 aromatic carbocycles. The third-order valence-electron chi connectivity index (χ3n) is 5.00. The highest BCUT2D eigenvalue weighted by Gasteiger charge is 2.26. The quantitative estimate of drug-likeness (QED) is 0.712. The van der Waals surface area contributed by atoms with Crippen LogP contribution in [-0.4, -0.2) is 29.9 Å². The number of carbonyl (C=O) groups excluding carboxylic acids is 2. The molecule has 1 saturated carbocycles. The number of nitrogens with one attached hydrogen (secondary N) is 2. The van der Waals surface area contributed by atoms with Crippen molar-refractivity contribution >= 4 is 17.5 Å². The van der Waals surface area contributed by atoms with Gasteiger partial charge in [0.2, 0.25) is 5.91 Å². The summed E-state index contributed by atoms with van der Waals surface area (Å²) in [5.41, 5.74) is 7.91. The van der Waals surface area contributed by atoms with Gasteiger partial charge in [0.1, 0.15) is 11.4 Å². The lowest BCUT2D eigenvalue weighted by Gasteiger charge is -2.17. The number of amides is 2. The summed E-state index contributed by atoms with van der Waals surface area (Å²) in [4.78, 5) is 28.3. The normalized spacial score (nSPS) is 18.5. The van der Waals surface area contributed by atoms with Crippen LogP contribution in [0.2, 0.25) is 0 Å². The van der Waals surface area contributed by atoms with Crippen molar-refractivity contribution in [3.8, 4) is 11.5 Å². The van der Waals surface area contributed by atoms with E-state index in [1.807, 2.05) is 25.1 Å². The van der Waals surface area contributed by atoms with E-state index in [1.54, 1.807) is 19.2 Å². The third-order valence-corrected chi connectivity index (χ3v) is 5.00. The van der Waals surface area contributed by atoms with Gasteiger partial charge in [-0.2, -0.15) is 0 Å². The molecule has 0 aliphatic heterocycles. The Balaban J connectivity index is 1.75. The maximum Gasteiger partial charge on any atom is 0.269 e. The first-order valence-electron chi connectivity index (χ1n) is 9.48. The molecule has 0 unspecified atom stereocenters. The molecule has 7 heteroatoms. The highest BCUT2D eigenvalue weighted by atomic mass is 16.5. The molecular formula is C21H26N4O3. The summed E-state index contributed by atoms with van der Waals surface area (Å²) in [5.74, 6) is 0.837. The molecule has 28 heavy (non-hydrogen) atoms. The number of nitrogens with two attached hydrogens (primary N) is 1. The monoisotopic (exact) mass is 382 g/mol. The topological polar surface area (TPSA) is 106 Å². The number of hydrogen-bond donors (Lipinski definition) is 3. The minimum Gasteiger partial charge on any atom is -0.455 e. The number of aryl methyl sites for hydroxylation is 1. The Morgan fingerprint density at radius 2 is 2.07 bits per heavy atom. The molecule has 0 bridgehead atoms. The maximum absolute atomic E-state index is 12.5. The average Bonchev–Trinajstić information content (AvgIpc) is 3.08. The SMILES string of the molecule is CNC(=O)c1cc(Oc2cc(C)ccc2NC(=O)C[C@@H]2CCC[C@H]2N)ccn1. The molecule has 3 rings (SSSR count). The number of hydrogen-bond acceptors (Lipinski definition) is 5. The van der Waals surface area contributed by atoms with Gasteiger partial charge in [0.25, 0.3) is 5.91 Å². The van der Waals surface area contributed by atoms with Crippen molar-refractivity contribution in [2.45, 2.75) is 38.6 Å². The number of ether oxygens (including phenoxy) is 1. The van der Waals surface area contributed by atoms with Crippen molar-refractivity contribution < 1.29 is 14.3 Å². The van der Waals surface area contributed by atoms with E-state index in [-0.39, 0.29) is 29.5 Å². The van der Waals surface area contributed by atoms with E-state index in [0.29, 0.717) is 23.6 Å². The second-order valence-electron chi connectivity index (χ2n) is 7.16. The van der Waals surface area contributed by atoms with Gasteiger partial charge in [-0.25, -0.2) is 0 Å². The summed E-state index contributed by atoms with van der Waals surface area (Å²) < 4.78 is 5.96. The van der Waals surface area contributed by atoms with Crippen molar-refractivity contribution in [1.29, 1.82) is 0 Å². The van der Waals surface area contributed by atoms with Crippen LogP contribution in [0.25, 0.3) is 0 Å². The van der Waals surface area contributed by atoms with E-state index >= 15 is 0 Å². The summed E-state index contributed by atoms with van der Waals surface area (Å²) in [5, 5.41) is 5.47. The zero-order valence-electron chi connectivity index (χ0n) is 16.2. The van der Waals surface area contributed by atoms with Gasteiger partial charge in [-0.15, -0.1) is 0 Å². The Labute approximate surface area is 164 Å². The lowest BCUT2D eigenvalue weighted by atomic mass is 10.00. The minimum absolute atomic E-state index is 0.0724. The third kappa shape index (κ3) is 4.86. The lowest BCUT2D eigenvalue weighted by Crippen LogP contribution is -2.28. The van der Waals surface area contributed by atoms with Crippen LogP contribution in [0.1, 0.15) is 41.7 Å². The van der Waals surface area contributed by atoms with E-state index < -0.39 is 0 Å². The van der Waals surface area contributed by atoms with E-state index in [1.165, 1.54) is 6.20 Å². The standard InChI is InChI=1S/C21H26N4O3/c1-13-6-7-17(25-20(26)11-14-4-3-5-16(14)22)19(10-13)28-15-8-9-24-18(12-15)21(27)23-2/h6-10,12,14,16H,3-5,11,22H2,1-2H3,(H,23,27)(H,25,26)/t14-,16+/m0/s1. The Morgan fingerprint density at radius 3 is 2.79 bits per heavy atom. The molecular weight excluding hydrogens is 356 g/mol. The van der Waals surface area contributed by atoms with Gasteiger partial charge in [-0.3, -0.25) is 14.6 Å². The predicted molar refractivity (Wildman–Crippen MR) is 107 cm³/mol. The Hall–Kier alpha value is -2.93. The second-order valence-corrected chi connectivity index (χ2v) is 7.16. The van der Waals surface area contributed by atoms with E-state index in [9.17, 15) is 9.59 Å². The highest BCUT2D eigenvalue weighted by Crippen LogP contribution is 2.32. The fourth-order valence-corrected chi connectivity index (χ4v) is 3.43. The molecule has 1 fully saturated rings. The second kappa shape index (κ2) is 8.84. The van der Waals surface area contributed by atoms with E-state index in [0.717, 1.165) is 24.8 Å². The zero-order chi connectivity index (χ0) is 20.1. The smallest absolute Gasteiger partial charge is 0.269 e. The zero-order valence-corrected chi connectivity index (χ0v) is 16.2. The lowest BCUT2D eigenvalue weighted by molar-refractivity contribution is -0.117. The molecule has 1 heterocycles. The number of anilines is 1.